The van der Waals surface area contributed by atoms with Gasteiger partial charge < -0.3 is 5.32 Å². The van der Waals surface area contributed by atoms with Crippen LogP contribution in [0.3, 0.4) is 0 Å². The molecule has 1 unspecified atom stereocenters. The van der Waals surface area contributed by atoms with Crippen molar-refractivity contribution in [2.45, 2.75) is 58.4 Å². The maximum Gasteiger partial charge on any atom is 0.244 e. The second-order valence-electron chi connectivity index (χ2n) is 7.87. The average molecular weight is 401 g/mol. The van der Waals surface area contributed by atoms with Crippen molar-refractivity contribution in [1.82, 2.24) is 4.31 Å². The molecule has 2 aromatic rings. The lowest BCUT2D eigenvalue weighted by atomic mass is 10.1. The van der Waals surface area contributed by atoms with Gasteiger partial charge in [-0.3, -0.25) is 4.79 Å². The van der Waals surface area contributed by atoms with Gasteiger partial charge >= 0.3 is 0 Å². The molecule has 0 bridgehead atoms. The fourth-order valence-electron chi connectivity index (χ4n) is 4.25. The molecule has 1 aliphatic heterocycles. The molecule has 0 aromatic heterocycles. The van der Waals surface area contributed by atoms with E-state index in [1.54, 1.807) is 0 Å². The zero-order valence-corrected chi connectivity index (χ0v) is 18.0. The van der Waals surface area contributed by atoms with E-state index in [-0.39, 0.29) is 5.91 Å². The standard InChI is InChI=1S/C22H28N2O3S/c1-14-9-15(2)13-19(12-14)23-22(25)20-7-6-8-24(20)28(26,27)21-17(4)10-16(3)11-18(21)5/h9-13,20H,6-8H2,1-5H3,(H,23,25). The largest absolute Gasteiger partial charge is 0.325 e. The van der Waals surface area contributed by atoms with E-state index in [9.17, 15) is 13.2 Å². The topological polar surface area (TPSA) is 66.5 Å². The molecule has 0 saturated carbocycles. The van der Waals surface area contributed by atoms with Crippen LogP contribution in [-0.4, -0.2) is 31.2 Å². The summed E-state index contributed by atoms with van der Waals surface area (Å²) < 4.78 is 28.2. The molecule has 0 spiro atoms. The number of sulfonamides is 1. The van der Waals surface area contributed by atoms with E-state index in [0.717, 1.165) is 27.8 Å². The van der Waals surface area contributed by atoms with Crippen LogP contribution in [0.1, 0.15) is 40.7 Å². The molecule has 0 radical (unpaired) electrons. The number of rotatable bonds is 4. The molecule has 6 heteroatoms. The molecule has 28 heavy (non-hydrogen) atoms. The van der Waals surface area contributed by atoms with Crippen LogP contribution < -0.4 is 5.32 Å². The van der Waals surface area contributed by atoms with Crippen LogP contribution >= 0.6 is 0 Å². The number of hydrogen-bond acceptors (Lipinski definition) is 3. The summed E-state index contributed by atoms with van der Waals surface area (Å²) in [5.74, 6) is -0.270. The first-order chi connectivity index (χ1) is 13.1. The Morgan fingerprint density at radius 2 is 1.46 bits per heavy atom. The zero-order valence-electron chi connectivity index (χ0n) is 17.2. The summed E-state index contributed by atoms with van der Waals surface area (Å²) in [5.41, 5.74) is 5.28. The summed E-state index contributed by atoms with van der Waals surface area (Å²) in [6, 6.07) is 8.89. The normalized spacial score (nSPS) is 17.7. The summed E-state index contributed by atoms with van der Waals surface area (Å²) in [7, 11) is -3.75. The van der Waals surface area contributed by atoms with Gasteiger partial charge in [0.05, 0.1) is 4.90 Å². The van der Waals surface area contributed by atoms with E-state index >= 15 is 0 Å². The van der Waals surface area contributed by atoms with E-state index in [0.29, 0.717) is 30.0 Å². The van der Waals surface area contributed by atoms with E-state index < -0.39 is 16.1 Å². The van der Waals surface area contributed by atoms with Crippen molar-refractivity contribution >= 4 is 21.6 Å². The van der Waals surface area contributed by atoms with Crippen LogP contribution in [-0.2, 0) is 14.8 Å². The SMILES string of the molecule is Cc1cc(C)cc(NC(=O)C2CCCN2S(=O)(=O)c2c(C)cc(C)cc2C)c1. The molecule has 1 fully saturated rings. The van der Waals surface area contributed by atoms with Crippen molar-refractivity contribution in [2.24, 2.45) is 0 Å². The number of hydrogen-bond donors (Lipinski definition) is 1. The lowest BCUT2D eigenvalue weighted by molar-refractivity contribution is -0.119. The Morgan fingerprint density at radius 3 is 2.04 bits per heavy atom. The van der Waals surface area contributed by atoms with Crippen LogP contribution in [0.2, 0.25) is 0 Å². The van der Waals surface area contributed by atoms with Gasteiger partial charge in [0.15, 0.2) is 0 Å². The summed E-state index contributed by atoms with van der Waals surface area (Å²) in [4.78, 5) is 13.3. The molecule has 5 nitrogen and oxygen atoms in total. The number of carbonyl (C=O) groups excluding carboxylic acids is 1. The van der Waals surface area contributed by atoms with Gasteiger partial charge in [0.1, 0.15) is 6.04 Å². The minimum atomic E-state index is -3.75. The Balaban J connectivity index is 1.91. The molecule has 150 valence electrons. The van der Waals surface area contributed by atoms with Gasteiger partial charge in [-0.2, -0.15) is 4.31 Å². The number of nitrogens with zero attached hydrogens (tertiary/aromatic N) is 1. The monoisotopic (exact) mass is 400 g/mol. The zero-order chi connectivity index (χ0) is 20.6. The lowest BCUT2D eigenvalue weighted by Crippen LogP contribution is -2.43. The van der Waals surface area contributed by atoms with Gasteiger partial charge in [-0.15, -0.1) is 0 Å². The maximum absolute atomic E-state index is 13.4. The average Bonchev–Trinajstić information content (AvgIpc) is 3.02. The Kier molecular flexibility index (Phi) is 5.64. The highest BCUT2D eigenvalue weighted by Crippen LogP contribution is 2.31. The Morgan fingerprint density at radius 1 is 0.929 bits per heavy atom. The van der Waals surface area contributed by atoms with E-state index in [4.69, 9.17) is 0 Å². The molecular formula is C22H28N2O3S. The van der Waals surface area contributed by atoms with Crippen LogP contribution in [0, 0.1) is 34.6 Å². The van der Waals surface area contributed by atoms with E-state index in [2.05, 4.69) is 5.32 Å². The molecule has 1 aliphatic rings. The quantitative estimate of drug-likeness (QED) is 0.843. The second kappa shape index (κ2) is 7.68. The third-order valence-corrected chi connectivity index (χ3v) is 7.38. The summed E-state index contributed by atoms with van der Waals surface area (Å²) in [5, 5.41) is 2.91. The highest BCUT2D eigenvalue weighted by Gasteiger charge is 2.40. The molecule has 3 rings (SSSR count). The van der Waals surface area contributed by atoms with Gasteiger partial charge in [0.2, 0.25) is 15.9 Å². The first-order valence-corrected chi connectivity index (χ1v) is 11.0. The van der Waals surface area contributed by atoms with Gasteiger partial charge in [-0.1, -0.05) is 23.8 Å². The van der Waals surface area contributed by atoms with E-state index in [1.807, 2.05) is 65.0 Å². The smallest absolute Gasteiger partial charge is 0.244 e. The molecule has 1 saturated heterocycles. The van der Waals surface area contributed by atoms with Crippen molar-refractivity contribution in [2.75, 3.05) is 11.9 Å². The summed E-state index contributed by atoms with van der Waals surface area (Å²) >= 11 is 0. The minimum absolute atomic E-state index is 0.270. The molecule has 1 heterocycles. The highest BCUT2D eigenvalue weighted by molar-refractivity contribution is 7.89. The Hall–Kier alpha value is -2.18. The summed E-state index contributed by atoms with van der Waals surface area (Å²) in [6.45, 7) is 9.88. The van der Waals surface area contributed by atoms with E-state index in [1.165, 1.54) is 4.31 Å². The van der Waals surface area contributed by atoms with Crippen molar-refractivity contribution in [1.29, 1.82) is 0 Å². The van der Waals surface area contributed by atoms with Gasteiger partial charge in [-0.05, 0) is 81.8 Å². The number of nitrogens with one attached hydrogen (secondary N) is 1. The fraction of sp³-hybridized carbons (Fsp3) is 0.409. The number of amides is 1. The maximum atomic E-state index is 13.4. The second-order valence-corrected chi connectivity index (χ2v) is 9.69. The van der Waals surface area contributed by atoms with Gasteiger partial charge in [-0.25, -0.2) is 8.42 Å². The highest BCUT2D eigenvalue weighted by atomic mass is 32.2. The van der Waals surface area contributed by atoms with Crippen LogP contribution in [0.25, 0.3) is 0 Å². The molecule has 1 atom stereocenters. The van der Waals surface area contributed by atoms with Crippen LogP contribution in [0.5, 0.6) is 0 Å². The predicted octanol–water partition coefficient (Wildman–Crippen LogP) is 4.02. The molecule has 1 N–H and O–H groups in total. The predicted molar refractivity (Wildman–Crippen MR) is 112 cm³/mol. The minimum Gasteiger partial charge on any atom is -0.325 e. The van der Waals surface area contributed by atoms with Crippen molar-refractivity contribution in [3.8, 4) is 0 Å². The lowest BCUT2D eigenvalue weighted by Gasteiger charge is -2.25. The van der Waals surface area contributed by atoms with Crippen LogP contribution in [0.4, 0.5) is 5.69 Å². The van der Waals surface area contributed by atoms with Crippen molar-refractivity contribution in [3.05, 3.63) is 58.1 Å². The summed E-state index contributed by atoms with van der Waals surface area (Å²) in [6.07, 6.45) is 1.20. The number of aryl methyl sites for hydroxylation is 5. The molecule has 0 aliphatic carbocycles. The number of carbonyl (C=O) groups is 1. The fourth-order valence-corrected chi connectivity index (χ4v) is 6.32. The first-order valence-electron chi connectivity index (χ1n) is 9.58. The third-order valence-electron chi connectivity index (χ3n) is 5.17. The number of benzene rings is 2. The van der Waals surface area contributed by atoms with Crippen molar-refractivity contribution in [3.63, 3.8) is 0 Å². The van der Waals surface area contributed by atoms with Gasteiger partial charge in [0, 0.05) is 12.2 Å². The molecule has 2 aromatic carbocycles. The molecule has 1 amide bonds. The Labute approximate surface area is 167 Å². The van der Waals surface area contributed by atoms with Gasteiger partial charge in [0.25, 0.3) is 0 Å². The van der Waals surface area contributed by atoms with Crippen LogP contribution in [0.15, 0.2) is 35.2 Å². The third kappa shape index (κ3) is 3.98. The van der Waals surface area contributed by atoms with Crippen molar-refractivity contribution < 1.29 is 13.2 Å². The first kappa shape index (κ1) is 20.6. The number of anilines is 1. The molecular weight excluding hydrogens is 372 g/mol. The Bertz CT molecular complexity index is 985.